The molecule has 0 amide bonds. The Bertz CT molecular complexity index is 689. The second kappa shape index (κ2) is 5.17. The standard InChI is InChI=1S/C17H14O2S/c1-11-7-8-15-13(9-11)17(20)14(10-18)16(19-15)12-5-3-2-4-6-12/h2-10,16,20H,1H3. The maximum absolute atomic E-state index is 11.5. The van der Waals surface area contributed by atoms with Crippen molar-refractivity contribution in [3.8, 4) is 5.75 Å². The first-order valence-corrected chi connectivity index (χ1v) is 6.86. The molecule has 0 radical (unpaired) electrons. The van der Waals surface area contributed by atoms with Crippen LogP contribution in [0.4, 0.5) is 0 Å². The molecule has 1 heterocycles. The molecular formula is C17H14O2S. The predicted octanol–water partition coefficient (Wildman–Crippen LogP) is 3.97. The summed E-state index contributed by atoms with van der Waals surface area (Å²) in [6, 6.07) is 15.6. The molecule has 2 nitrogen and oxygen atoms in total. The number of hydrogen-bond acceptors (Lipinski definition) is 3. The van der Waals surface area contributed by atoms with E-state index in [0.717, 1.165) is 28.7 Å². The van der Waals surface area contributed by atoms with Crippen molar-refractivity contribution in [1.82, 2.24) is 0 Å². The molecule has 0 saturated heterocycles. The topological polar surface area (TPSA) is 26.3 Å². The van der Waals surface area contributed by atoms with E-state index in [0.29, 0.717) is 10.5 Å². The van der Waals surface area contributed by atoms with Crippen molar-refractivity contribution in [3.05, 3.63) is 70.8 Å². The van der Waals surface area contributed by atoms with E-state index in [1.165, 1.54) is 0 Å². The van der Waals surface area contributed by atoms with Gasteiger partial charge in [-0.05, 0) is 24.6 Å². The van der Waals surface area contributed by atoms with E-state index >= 15 is 0 Å². The maximum Gasteiger partial charge on any atom is 0.153 e. The minimum Gasteiger partial charge on any atom is -0.480 e. The number of aryl methyl sites for hydroxylation is 1. The molecule has 20 heavy (non-hydrogen) atoms. The van der Waals surface area contributed by atoms with Crippen LogP contribution >= 0.6 is 12.6 Å². The highest BCUT2D eigenvalue weighted by atomic mass is 32.1. The van der Waals surface area contributed by atoms with E-state index in [1.807, 2.05) is 55.5 Å². The molecule has 0 N–H and O–H groups in total. The number of thiol groups is 1. The van der Waals surface area contributed by atoms with Gasteiger partial charge in [0.1, 0.15) is 5.75 Å². The van der Waals surface area contributed by atoms with Crippen LogP contribution in [0.15, 0.2) is 54.1 Å². The van der Waals surface area contributed by atoms with Crippen molar-refractivity contribution in [2.24, 2.45) is 0 Å². The first-order chi connectivity index (χ1) is 9.70. The van der Waals surface area contributed by atoms with E-state index in [2.05, 4.69) is 12.6 Å². The summed E-state index contributed by atoms with van der Waals surface area (Å²) >= 11 is 4.54. The first-order valence-electron chi connectivity index (χ1n) is 6.41. The van der Waals surface area contributed by atoms with E-state index in [4.69, 9.17) is 4.74 Å². The van der Waals surface area contributed by atoms with Crippen LogP contribution in [0, 0.1) is 6.92 Å². The predicted molar refractivity (Wildman–Crippen MR) is 83.0 cm³/mol. The van der Waals surface area contributed by atoms with Gasteiger partial charge < -0.3 is 4.74 Å². The molecule has 2 aromatic carbocycles. The molecule has 0 aliphatic carbocycles. The van der Waals surface area contributed by atoms with Crippen LogP contribution in [-0.4, -0.2) is 6.29 Å². The summed E-state index contributed by atoms with van der Waals surface area (Å²) in [6.45, 7) is 2.01. The lowest BCUT2D eigenvalue weighted by molar-refractivity contribution is -0.105. The summed E-state index contributed by atoms with van der Waals surface area (Å²) in [5.41, 5.74) is 3.51. The fourth-order valence-corrected chi connectivity index (χ4v) is 2.74. The molecule has 0 fully saturated rings. The Kier molecular flexibility index (Phi) is 3.36. The van der Waals surface area contributed by atoms with Gasteiger partial charge in [0, 0.05) is 10.5 Å². The van der Waals surface area contributed by atoms with Gasteiger partial charge in [-0.1, -0.05) is 42.0 Å². The third-order valence-corrected chi connectivity index (χ3v) is 3.92. The van der Waals surface area contributed by atoms with Crippen molar-refractivity contribution in [2.45, 2.75) is 13.0 Å². The molecule has 100 valence electrons. The Labute approximate surface area is 123 Å². The number of carbonyl (C=O) groups is 1. The molecule has 0 spiro atoms. The smallest absolute Gasteiger partial charge is 0.153 e. The van der Waals surface area contributed by atoms with Crippen molar-refractivity contribution in [1.29, 1.82) is 0 Å². The van der Waals surface area contributed by atoms with Gasteiger partial charge >= 0.3 is 0 Å². The van der Waals surface area contributed by atoms with Gasteiger partial charge in [0.25, 0.3) is 0 Å². The number of fused-ring (bicyclic) bond motifs is 1. The highest BCUT2D eigenvalue weighted by molar-refractivity contribution is 7.90. The molecular weight excluding hydrogens is 268 g/mol. The summed E-state index contributed by atoms with van der Waals surface area (Å²) in [6.07, 6.45) is 0.446. The molecule has 0 bridgehead atoms. The molecule has 2 aromatic rings. The van der Waals surface area contributed by atoms with Gasteiger partial charge in [-0.2, -0.15) is 0 Å². The van der Waals surface area contributed by atoms with Gasteiger partial charge in [-0.3, -0.25) is 4.79 Å². The minimum atomic E-state index is -0.392. The molecule has 3 heteroatoms. The van der Waals surface area contributed by atoms with Crippen LogP contribution in [0.3, 0.4) is 0 Å². The second-order valence-corrected chi connectivity index (χ2v) is 5.28. The zero-order chi connectivity index (χ0) is 14.1. The molecule has 1 atom stereocenters. The molecule has 1 aliphatic heterocycles. The van der Waals surface area contributed by atoms with Gasteiger partial charge in [-0.25, -0.2) is 0 Å². The number of rotatable bonds is 2. The highest BCUT2D eigenvalue weighted by Crippen LogP contribution is 2.43. The van der Waals surface area contributed by atoms with Crippen LogP contribution in [0.1, 0.15) is 22.8 Å². The number of hydrogen-bond donors (Lipinski definition) is 1. The Balaban J connectivity index is 2.15. The summed E-state index contributed by atoms with van der Waals surface area (Å²) < 4.78 is 6.01. The lowest BCUT2D eigenvalue weighted by Gasteiger charge is -2.27. The Morgan fingerprint density at radius 3 is 2.60 bits per heavy atom. The molecule has 1 unspecified atom stereocenters. The van der Waals surface area contributed by atoms with E-state index in [9.17, 15) is 4.79 Å². The van der Waals surface area contributed by atoms with Crippen LogP contribution in [-0.2, 0) is 4.79 Å². The van der Waals surface area contributed by atoms with Gasteiger partial charge in [0.05, 0.1) is 5.57 Å². The van der Waals surface area contributed by atoms with Gasteiger partial charge in [0.2, 0.25) is 0 Å². The largest absolute Gasteiger partial charge is 0.480 e. The quantitative estimate of drug-likeness (QED) is 0.666. The number of aldehydes is 1. The number of carbonyl (C=O) groups excluding carboxylic acids is 1. The molecule has 3 rings (SSSR count). The van der Waals surface area contributed by atoms with Crippen LogP contribution in [0.25, 0.3) is 4.91 Å². The SMILES string of the molecule is Cc1ccc2c(c1)C(S)=C(C=O)C(c1ccccc1)O2. The maximum atomic E-state index is 11.5. The Morgan fingerprint density at radius 2 is 1.90 bits per heavy atom. The van der Waals surface area contributed by atoms with E-state index in [-0.39, 0.29) is 0 Å². The van der Waals surface area contributed by atoms with Crippen molar-refractivity contribution >= 4 is 23.8 Å². The Hall–Kier alpha value is -2.00. The number of benzene rings is 2. The summed E-state index contributed by atoms with van der Waals surface area (Å²) in [4.78, 5) is 12.2. The van der Waals surface area contributed by atoms with Crippen LogP contribution < -0.4 is 4.74 Å². The fourth-order valence-electron chi connectivity index (χ4n) is 2.39. The Morgan fingerprint density at radius 1 is 1.15 bits per heavy atom. The second-order valence-electron chi connectivity index (χ2n) is 4.83. The normalized spacial score (nSPS) is 17.4. The third-order valence-electron chi connectivity index (χ3n) is 3.42. The van der Waals surface area contributed by atoms with E-state index in [1.54, 1.807) is 0 Å². The highest BCUT2D eigenvalue weighted by Gasteiger charge is 2.28. The van der Waals surface area contributed by atoms with Crippen molar-refractivity contribution < 1.29 is 9.53 Å². The van der Waals surface area contributed by atoms with E-state index < -0.39 is 6.10 Å². The van der Waals surface area contributed by atoms with Gasteiger partial charge in [-0.15, -0.1) is 12.6 Å². The van der Waals surface area contributed by atoms with Crippen LogP contribution in [0.2, 0.25) is 0 Å². The average molecular weight is 282 g/mol. The molecule has 0 saturated carbocycles. The zero-order valence-electron chi connectivity index (χ0n) is 11.0. The molecule has 1 aliphatic rings. The van der Waals surface area contributed by atoms with Crippen molar-refractivity contribution in [2.75, 3.05) is 0 Å². The third kappa shape index (κ3) is 2.14. The summed E-state index contributed by atoms with van der Waals surface area (Å²) in [7, 11) is 0. The number of ether oxygens (including phenoxy) is 1. The first kappa shape index (κ1) is 13.0. The average Bonchev–Trinajstić information content (AvgIpc) is 2.48. The monoisotopic (exact) mass is 282 g/mol. The molecule has 0 aromatic heterocycles. The van der Waals surface area contributed by atoms with Crippen molar-refractivity contribution in [3.63, 3.8) is 0 Å². The zero-order valence-corrected chi connectivity index (χ0v) is 11.9. The minimum absolute atomic E-state index is 0.392. The van der Waals surface area contributed by atoms with Crippen LogP contribution in [0.5, 0.6) is 5.75 Å². The summed E-state index contributed by atoms with van der Waals surface area (Å²) in [5, 5.41) is 0. The summed E-state index contributed by atoms with van der Waals surface area (Å²) in [5.74, 6) is 0.764. The lowest BCUT2D eigenvalue weighted by Crippen LogP contribution is -2.17. The lowest BCUT2D eigenvalue weighted by atomic mass is 9.96. The van der Waals surface area contributed by atoms with Gasteiger partial charge in [0.15, 0.2) is 12.4 Å². The fraction of sp³-hybridized carbons (Fsp3) is 0.118.